The molecule has 0 radical (unpaired) electrons. The van der Waals surface area contributed by atoms with E-state index in [-0.39, 0.29) is 46.5 Å². The average molecular weight is 387 g/mol. The number of hydrogen-bond acceptors (Lipinski definition) is 2. The van der Waals surface area contributed by atoms with E-state index < -0.39 is 30.4 Å². The zero-order valence-electron chi connectivity index (χ0n) is 23.9. The lowest BCUT2D eigenvalue weighted by Crippen LogP contribution is -2.41. The fraction of sp³-hybridized carbons (Fsp3) is 0.231. The standard InChI is InChI=1S/C26H25BO2/c1-25(2)26(3,4)29-27(28-25)22-15-14-19-16-21(13-12-20(19)17-22)24-11-7-9-18-8-5-6-10-23(18)24/h5-17H,1-4H3/i5D,6D,7D,8D,9D,10D,11D. The van der Waals surface area contributed by atoms with Gasteiger partial charge < -0.3 is 9.31 Å². The summed E-state index contributed by atoms with van der Waals surface area (Å²) in [6.07, 6.45) is 0. The minimum absolute atomic E-state index is 0.0480. The summed E-state index contributed by atoms with van der Waals surface area (Å²) < 4.78 is 70.4. The Kier molecular flexibility index (Phi) is 2.70. The zero-order valence-corrected chi connectivity index (χ0v) is 16.9. The van der Waals surface area contributed by atoms with Gasteiger partial charge in [-0.15, -0.1) is 0 Å². The van der Waals surface area contributed by atoms with Gasteiger partial charge in [-0.25, -0.2) is 0 Å². The molecule has 5 rings (SSSR count). The van der Waals surface area contributed by atoms with Crippen LogP contribution in [-0.4, -0.2) is 18.3 Å². The third-order valence-corrected chi connectivity index (χ3v) is 5.99. The molecule has 0 N–H and O–H groups in total. The van der Waals surface area contributed by atoms with Crippen LogP contribution in [0.15, 0.2) is 78.7 Å². The van der Waals surface area contributed by atoms with Gasteiger partial charge in [-0.3, -0.25) is 0 Å². The van der Waals surface area contributed by atoms with Crippen LogP contribution in [0.2, 0.25) is 0 Å². The molecule has 3 heteroatoms. The third kappa shape index (κ3) is 3.06. The lowest BCUT2D eigenvalue weighted by Gasteiger charge is -2.32. The molecule has 0 saturated carbocycles. The Morgan fingerprint density at radius 1 is 0.724 bits per heavy atom. The molecule has 1 heterocycles. The van der Waals surface area contributed by atoms with Crippen LogP contribution in [0.25, 0.3) is 32.7 Å². The minimum Gasteiger partial charge on any atom is -0.399 e. The van der Waals surface area contributed by atoms with E-state index in [0.717, 1.165) is 16.2 Å². The molecule has 29 heavy (non-hydrogen) atoms. The lowest BCUT2D eigenvalue weighted by molar-refractivity contribution is 0.00578. The highest BCUT2D eigenvalue weighted by atomic mass is 16.7. The van der Waals surface area contributed by atoms with E-state index in [2.05, 4.69) is 0 Å². The number of fused-ring (bicyclic) bond motifs is 2. The molecule has 0 unspecified atom stereocenters. The van der Waals surface area contributed by atoms with Gasteiger partial charge in [0.15, 0.2) is 0 Å². The monoisotopic (exact) mass is 387 g/mol. The highest BCUT2D eigenvalue weighted by Crippen LogP contribution is 2.37. The fourth-order valence-electron chi connectivity index (χ4n) is 3.57. The predicted octanol–water partition coefficient (Wildman–Crippen LogP) is 5.96. The van der Waals surface area contributed by atoms with Gasteiger partial charge in [0.25, 0.3) is 0 Å². The lowest BCUT2D eigenvalue weighted by atomic mass is 9.78. The molecule has 4 aromatic carbocycles. The van der Waals surface area contributed by atoms with Crippen molar-refractivity contribution in [1.82, 2.24) is 0 Å². The van der Waals surface area contributed by atoms with Crippen molar-refractivity contribution in [3.8, 4) is 11.1 Å². The molecular formula is C26H25BO2. The topological polar surface area (TPSA) is 18.5 Å². The second kappa shape index (κ2) is 6.45. The highest BCUT2D eigenvalue weighted by Gasteiger charge is 2.51. The minimum atomic E-state index is -0.505. The normalized spacial score (nSPS) is 21.2. The van der Waals surface area contributed by atoms with Crippen molar-refractivity contribution >= 4 is 34.1 Å². The van der Waals surface area contributed by atoms with Gasteiger partial charge in [0.2, 0.25) is 0 Å². The molecule has 1 aliphatic heterocycles. The number of rotatable bonds is 2. The number of benzene rings is 4. The summed E-state index contributed by atoms with van der Waals surface area (Å²) in [5, 5.41) is 1.79. The Hall–Kier alpha value is -2.62. The molecule has 0 aromatic heterocycles. The van der Waals surface area contributed by atoms with Crippen molar-refractivity contribution in [1.29, 1.82) is 0 Å². The Morgan fingerprint density at radius 2 is 1.38 bits per heavy atom. The van der Waals surface area contributed by atoms with E-state index in [0.29, 0.717) is 5.56 Å². The van der Waals surface area contributed by atoms with Crippen LogP contribution in [0.3, 0.4) is 0 Å². The van der Waals surface area contributed by atoms with Crippen LogP contribution >= 0.6 is 0 Å². The van der Waals surface area contributed by atoms with Crippen molar-refractivity contribution in [2.45, 2.75) is 38.9 Å². The predicted molar refractivity (Wildman–Crippen MR) is 123 cm³/mol. The van der Waals surface area contributed by atoms with Crippen molar-refractivity contribution in [2.24, 2.45) is 0 Å². The molecule has 144 valence electrons. The molecule has 1 fully saturated rings. The first kappa shape index (κ1) is 12.2. The molecule has 4 aromatic rings. The summed E-state index contributed by atoms with van der Waals surface area (Å²) in [6.45, 7) is 8.00. The van der Waals surface area contributed by atoms with Crippen LogP contribution in [0.4, 0.5) is 0 Å². The maximum Gasteiger partial charge on any atom is 0.494 e. The third-order valence-electron chi connectivity index (χ3n) is 5.99. The van der Waals surface area contributed by atoms with E-state index in [1.54, 1.807) is 6.07 Å². The maximum atomic E-state index is 8.58. The van der Waals surface area contributed by atoms with Gasteiger partial charge in [0, 0.05) is 0 Å². The molecule has 0 bridgehead atoms. The SMILES string of the molecule is [2H]c1c([2H])c([2H])c2c(-c3ccc4cc(B5OC(C)(C)C(C)(C)O5)ccc4c3)c([2H])c([2H])c([2H])c2c1[2H]. The van der Waals surface area contributed by atoms with Crippen molar-refractivity contribution in [3.63, 3.8) is 0 Å². The summed E-state index contributed by atoms with van der Waals surface area (Å²) >= 11 is 0. The van der Waals surface area contributed by atoms with Gasteiger partial charge >= 0.3 is 7.12 Å². The fourth-order valence-corrected chi connectivity index (χ4v) is 3.57. The summed E-state index contributed by atoms with van der Waals surface area (Å²) in [4.78, 5) is 0. The Morgan fingerprint density at radius 3 is 2.17 bits per heavy atom. The maximum absolute atomic E-state index is 8.58. The smallest absolute Gasteiger partial charge is 0.399 e. The molecule has 0 spiro atoms. The average Bonchev–Trinajstić information content (AvgIpc) is 3.05. The first-order valence-corrected chi connectivity index (χ1v) is 9.64. The Balaban J connectivity index is 1.69. The van der Waals surface area contributed by atoms with Gasteiger partial charge in [0.05, 0.1) is 20.8 Å². The van der Waals surface area contributed by atoms with E-state index in [4.69, 9.17) is 18.9 Å². The second-order valence-corrected chi connectivity index (χ2v) is 8.41. The summed E-state index contributed by atoms with van der Waals surface area (Å²) in [5.74, 6) is 0. The Labute approximate surface area is 182 Å². The van der Waals surface area contributed by atoms with Gasteiger partial charge in [-0.05, 0) is 71.9 Å². The summed E-state index contributed by atoms with van der Waals surface area (Å²) in [5.41, 5.74) is 0.719. The largest absolute Gasteiger partial charge is 0.494 e. The van der Waals surface area contributed by atoms with Crippen LogP contribution in [-0.2, 0) is 9.31 Å². The van der Waals surface area contributed by atoms with Gasteiger partial charge in [-0.2, -0.15) is 0 Å². The first-order chi connectivity index (χ1) is 16.7. The quantitative estimate of drug-likeness (QED) is 0.395. The molecule has 1 saturated heterocycles. The van der Waals surface area contributed by atoms with Crippen LogP contribution < -0.4 is 5.46 Å². The number of hydrogen-bond donors (Lipinski definition) is 0. The molecule has 1 aliphatic rings. The van der Waals surface area contributed by atoms with E-state index >= 15 is 0 Å². The van der Waals surface area contributed by atoms with E-state index in [1.165, 1.54) is 0 Å². The van der Waals surface area contributed by atoms with Crippen LogP contribution in [0.5, 0.6) is 0 Å². The first-order valence-electron chi connectivity index (χ1n) is 13.1. The molecular weight excluding hydrogens is 355 g/mol. The van der Waals surface area contributed by atoms with Crippen LogP contribution in [0.1, 0.15) is 37.3 Å². The molecule has 2 nitrogen and oxygen atoms in total. The van der Waals surface area contributed by atoms with Crippen LogP contribution in [0, 0.1) is 0 Å². The van der Waals surface area contributed by atoms with Crippen molar-refractivity contribution in [2.75, 3.05) is 0 Å². The molecule has 0 aliphatic carbocycles. The highest BCUT2D eigenvalue weighted by molar-refractivity contribution is 6.62. The van der Waals surface area contributed by atoms with E-state index in [9.17, 15) is 0 Å². The molecule has 0 amide bonds. The Bertz CT molecular complexity index is 1560. The molecule has 0 atom stereocenters. The van der Waals surface area contributed by atoms with Crippen molar-refractivity contribution in [3.05, 3.63) is 78.7 Å². The van der Waals surface area contributed by atoms with E-state index in [1.807, 2.05) is 58.0 Å². The van der Waals surface area contributed by atoms with Crippen molar-refractivity contribution < 1.29 is 18.9 Å². The zero-order chi connectivity index (χ0) is 26.3. The summed E-state index contributed by atoms with van der Waals surface area (Å²) in [6, 6.07) is 8.71. The van der Waals surface area contributed by atoms with Gasteiger partial charge in [0.1, 0.15) is 0 Å². The second-order valence-electron chi connectivity index (χ2n) is 8.41. The summed E-state index contributed by atoms with van der Waals surface area (Å²) in [7, 11) is -0.505. The van der Waals surface area contributed by atoms with Gasteiger partial charge in [-0.1, -0.05) is 72.6 Å².